The van der Waals surface area contributed by atoms with Crippen molar-refractivity contribution < 1.29 is 5.11 Å². The summed E-state index contributed by atoms with van der Waals surface area (Å²) in [4.78, 5) is 0. The summed E-state index contributed by atoms with van der Waals surface area (Å²) < 4.78 is 0. The van der Waals surface area contributed by atoms with E-state index >= 15 is 0 Å². The summed E-state index contributed by atoms with van der Waals surface area (Å²) in [5.74, 6) is 0. The van der Waals surface area contributed by atoms with Crippen molar-refractivity contribution in [1.82, 2.24) is 0 Å². The molecule has 1 rings (SSSR count). The van der Waals surface area contributed by atoms with Crippen molar-refractivity contribution >= 4 is 6.08 Å². The molecule has 1 heteroatoms. The monoisotopic (exact) mass is 202 g/mol. The molecule has 0 aliphatic carbocycles. The Bertz CT molecular complexity index is 332. The van der Waals surface area contributed by atoms with Crippen molar-refractivity contribution in [3.05, 3.63) is 53.6 Å². The Morgan fingerprint density at radius 2 is 1.93 bits per heavy atom. The molecule has 0 unspecified atom stereocenters. The second kappa shape index (κ2) is 6.20. The third-order valence-electron chi connectivity index (χ3n) is 2.08. The highest BCUT2D eigenvalue weighted by Crippen LogP contribution is 2.05. The smallest absolute Gasteiger partial charge is 0.0758 e. The van der Waals surface area contributed by atoms with Gasteiger partial charge in [-0.1, -0.05) is 54.1 Å². The van der Waals surface area contributed by atoms with E-state index in [1.807, 2.05) is 62.4 Å². The molecule has 0 heterocycles. The highest BCUT2D eigenvalue weighted by molar-refractivity contribution is 5.49. The highest BCUT2D eigenvalue weighted by Gasteiger charge is 1.95. The van der Waals surface area contributed by atoms with Crippen LogP contribution in [0.2, 0.25) is 0 Å². The molecule has 80 valence electrons. The number of rotatable bonds is 4. The van der Waals surface area contributed by atoms with Crippen LogP contribution in [-0.4, -0.2) is 11.2 Å². The number of aliphatic hydroxyl groups is 1. The van der Waals surface area contributed by atoms with Gasteiger partial charge in [0.05, 0.1) is 6.10 Å². The van der Waals surface area contributed by atoms with Gasteiger partial charge in [0.25, 0.3) is 0 Å². The summed E-state index contributed by atoms with van der Waals surface area (Å²) in [7, 11) is 0. The van der Waals surface area contributed by atoms with Gasteiger partial charge in [0.2, 0.25) is 0 Å². The summed E-state index contributed by atoms with van der Waals surface area (Å²) in [6.07, 6.45) is 6.12. The van der Waals surface area contributed by atoms with Crippen molar-refractivity contribution in [1.29, 1.82) is 0 Å². The third-order valence-corrected chi connectivity index (χ3v) is 2.08. The van der Waals surface area contributed by atoms with Crippen LogP contribution in [0.3, 0.4) is 0 Å². The van der Waals surface area contributed by atoms with Gasteiger partial charge in [-0.05, 0) is 25.8 Å². The van der Waals surface area contributed by atoms with E-state index in [0.29, 0.717) is 6.42 Å². The first-order valence-corrected chi connectivity index (χ1v) is 5.23. The Balaban J connectivity index is 2.48. The van der Waals surface area contributed by atoms with Crippen LogP contribution in [0.25, 0.3) is 6.08 Å². The number of benzene rings is 1. The fourth-order valence-electron chi connectivity index (χ4n) is 1.22. The Kier molecular flexibility index (Phi) is 4.85. The van der Waals surface area contributed by atoms with Crippen LogP contribution in [-0.2, 0) is 0 Å². The summed E-state index contributed by atoms with van der Waals surface area (Å²) in [6, 6.07) is 10.00. The molecule has 1 nitrogen and oxygen atoms in total. The molecule has 0 aliphatic heterocycles. The average Bonchev–Trinajstić information content (AvgIpc) is 2.25. The Morgan fingerprint density at radius 1 is 1.27 bits per heavy atom. The molecule has 1 atom stereocenters. The molecule has 0 amide bonds. The van der Waals surface area contributed by atoms with Gasteiger partial charge in [0.1, 0.15) is 0 Å². The van der Waals surface area contributed by atoms with E-state index in [1.165, 1.54) is 5.57 Å². The molecule has 0 fully saturated rings. The fraction of sp³-hybridized carbons (Fsp3) is 0.286. The lowest BCUT2D eigenvalue weighted by atomic mass is 10.1. The van der Waals surface area contributed by atoms with E-state index in [-0.39, 0.29) is 6.10 Å². The minimum absolute atomic E-state index is 0.389. The molecule has 0 saturated heterocycles. The summed E-state index contributed by atoms with van der Waals surface area (Å²) in [6.45, 7) is 4.07. The van der Waals surface area contributed by atoms with E-state index in [1.54, 1.807) is 0 Å². The van der Waals surface area contributed by atoms with Gasteiger partial charge in [-0.2, -0.15) is 0 Å². The number of allylic oxidation sites excluding steroid dienone is 1. The lowest BCUT2D eigenvalue weighted by Crippen LogP contribution is -1.99. The Hall–Kier alpha value is -1.34. The highest BCUT2D eigenvalue weighted by atomic mass is 16.3. The zero-order chi connectivity index (χ0) is 11.1. The van der Waals surface area contributed by atoms with E-state index in [2.05, 4.69) is 0 Å². The molecule has 1 aromatic carbocycles. The molecular formula is C14H18O. The zero-order valence-electron chi connectivity index (χ0n) is 9.35. The molecule has 0 bridgehead atoms. The summed E-state index contributed by atoms with van der Waals surface area (Å²) in [5, 5.41) is 9.63. The standard InChI is InChI=1S/C14H18O/c1-12(2)8-10-14(15)11-9-13-6-4-3-5-7-13/h3-9,11,14-15H,10H2,1-2H3/b11-9+/t14-/m1/s1. The minimum Gasteiger partial charge on any atom is -0.389 e. The molecule has 0 spiro atoms. The first-order valence-electron chi connectivity index (χ1n) is 5.23. The van der Waals surface area contributed by atoms with Gasteiger partial charge in [0, 0.05) is 0 Å². The van der Waals surface area contributed by atoms with Gasteiger partial charge in [0.15, 0.2) is 0 Å². The number of hydrogen-bond acceptors (Lipinski definition) is 1. The summed E-state index contributed by atoms with van der Waals surface area (Å²) in [5.41, 5.74) is 2.36. The largest absolute Gasteiger partial charge is 0.389 e. The molecule has 0 saturated carbocycles. The van der Waals surface area contributed by atoms with Gasteiger partial charge >= 0.3 is 0 Å². The predicted molar refractivity (Wildman–Crippen MR) is 65.5 cm³/mol. The van der Waals surface area contributed by atoms with Crippen molar-refractivity contribution in [2.24, 2.45) is 0 Å². The van der Waals surface area contributed by atoms with Crippen LogP contribution >= 0.6 is 0 Å². The molecular weight excluding hydrogens is 184 g/mol. The van der Waals surface area contributed by atoms with Gasteiger partial charge in [-0.25, -0.2) is 0 Å². The molecule has 0 aromatic heterocycles. The van der Waals surface area contributed by atoms with Crippen molar-refractivity contribution in [2.75, 3.05) is 0 Å². The topological polar surface area (TPSA) is 20.2 Å². The zero-order valence-corrected chi connectivity index (χ0v) is 9.35. The summed E-state index contributed by atoms with van der Waals surface area (Å²) >= 11 is 0. The van der Waals surface area contributed by atoms with E-state index in [9.17, 15) is 5.11 Å². The number of aliphatic hydroxyl groups excluding tert-OH is 1. The lowest BCUT2D eigenvalue weighted by Gasteiger charge is -2.01. The second-order valence-electron chi connectivity index (χ2n) is 3.85. The first-order chi connectivity index (χ1) is 7.18. The van der Waals surface area contributed by atoms with Gasteiger partial charge in [-0.3, -0.25) is 0 Å². The van der Waals surface area contributed by atoms with E-state index in [4.69, 9.17) is 0 Å². The Morgan fingerprint density at radius 3 is 2.53 bits per heavy atom. The SMILES string of the molecule is CC(C)=CC[C@@H](O)/C=C/c1ccccc1. The maximum absolute atomic E-state index is 9.63. The Labute approximate surface area is 91.8 Å². The molecule has 0 radical (unpaired) electrons. The van der Waals surface area contributed by atoms with Crippen LogP contribution in [0.5, 0.6) is 0 Å². The van der Waals surface area contributed by atoms with Crippen LogP contribution < -0.4 is 0 Å². The second-order valence-corrected chi connectivity index (χ2v) is 3.85. The van der Waals surface area contributed by atoms with Crippen LogP contribution in [0.4, 0.5) is 0 Å². The van der Waals surface area contributed by atoms with Gasteiger partial charge in [-0.15, -0.1) is 0 Å². The average molecular weight is 202 g/mol. The maximum Gasteiger partial charge on any atom is 0.0758 e. The minimum atomic E-state index is -0.389. The quantitative estimate of drug-likeness (QED) is 0.742. The van der Waals surface area contributed by atoms with Crippen LogP contribution in [0.1, 0.15) is 25.8 Å². The molecule has 1 N–H and O–H groups in total. The molecule has 1 aromatic rings. The van der Waals surface area contributed by atoms with E-state index < -0.39 is 0 Å². The van der Waals surface area contributed by atoms with Gasteiger partial charge < -0.3 is 5.11 Å². The van der Waals surface area contributed by atoms with Crippen molar-refractivity contribution in [3.63, 3.8) is 0 Å². The van der Waals surface area contributed by atoms with Crippen LogP contribution in [0, 0.1) is 0 Å². The first kappa shape index (κ1) is 11.7. The predicted octanol–water partition coefficient (Wildman–Crippen LogP) is 3.42. The van der Waals surface area contributed by atoms with E-state index in [0.717, 1.165) is 5.56 Å². The van der Waals surface area contributed by atoms with Crippen molar-refractivity contribution in [3.8, 4) is 0 Å². The normalized spacial score (nSPS) is 12.7. The third kappa shape index (κ3) is 5.18. The maximum atomic E-state index is 9.63. The molecule has 0 aliphatic rings. The molecule has 15 heavy (non-hydrogen) atoms. The lowest BCUT2D eigenvalue weighted by molar-refractivity contribution is 0.227. The number of hydrogen-bond donors (Lipinski definition) is 1. The van der Waals surface area contributed by atoms with Crippen LogP contribution in [0.15, 0.2) is 48.1 Å². The fourth-order valence-corrected chi connectivity index (χ4v) is 1.22. The van der Waals surface area contributed by atoms with Crippen molar-refractivity contribution in [2.45, 2.75) is 26.4 Å².